The smallest absolute Gasteiger partial charge is 0.243 e. The van der Waals surface area contributed by atoms with E-state index in [4.69, 9.17) is 0 Å². The number of sulfonamides is 1. The molecule has 0 spiro atoms. The molecule has 0 heterocycles. The summed E-state index contributed by atoms with van der Waals surface area (Å²) in [4.78, 5) is 12.3. The van der Waals surface area contributed by atoms with Crippen LogP contribution in [0.25, 0.3) is 0 Å². The molecule has 0 aliphatic rings. The Morgan fingerprint density at radius 3 is 2.32 bits per heavy atom. The minimum absolute atomic E-state index is 0.151. The van der Waals surface area contributed by atoms with Gasteiger partial charge >= 0.3 is 0 Å². The molecule has 5 nitrogen and oxygen atoms in total. The molecule has 0 aliphatic carbocycles. The van der Waals surface area contributed by atoms with Crippen LogP contribution in [0.1, 0.15) is 18.4 Å². The lowest BCUT2D eigenvalue weighted by atomic mass is 10.0. The van der Waals surface area contributed by atoms with Crippen LogP contribution >= 0.6 is 15.9 Å². The molecule has 134 valence electrons. The summed E-state index contributed by atoms with van der Waals surface area (Å²) < 4.78 is 26.8. The maximum Gasteiger partial charge on any atom is 0.243 e. The first-order valence-corrected chi connectivity index (χ1v) is 10.1. The van der Waals surface area contributed by atoms with Gasteiger partial charge in [-0.05, 0) is 35.7 Å². The average Bonchev–Trinajstić information content (AvgIpc) is 2.60. The summed E-state index contributed by atoms with van der Waals surface area (Å²) in [6.45, 7) is 2.24. The number of carbonyl (C=O) groups is 1. The third kappa shape index (κ3) is 5.39. The molecule has 0 bridgehead atoms. The fraction of sp³-hybridized carbons (Fsp3) is 0.278. The third-order valence-electron chi connectivity index (χ3n) is 3.86. The Kier molecular flexibility index (Phi) is 6.75. The lowest BCUT2D eigenvalue weighted by Gasteiger charge is -2.18. The van der Waals surface area contributed by atoms with Crippen molar-refractivity contribution in [1.29, 1.82) is 0 Å². The molecule has 0 aromatic heterocycles. The largest absolute Gasteiger partial charge is 0.354 e. The number of carbonyl (C=O) groups excluding carboxylic acids is 1. The van der Waals surface area contributed by atoms with Crippen LogP contribution in [-0.4, -0.2) is 38.8 Å². The summed E-state index contributed by atoms with van der Waals surface area (Å²) in [6, 6.07) is 16.2. The zero-order chi connectivity index (χ0) is 18.4. The number of likely N-dealkylation sites (N-methyl/N-ethyl adjacent to an activating group) is 1. The first-order valence-electron chi connectivity index (χ1n) is 7.84. The highest BCUT2D eigenvalue weighted by atomic mass is 79.9. The zero-order valence-electron chi connectivity index (χ0n) is 14.1. The van der Waals surface area contributed by atoms with Crippen molar-refractivity contribution >= 4 is 31.9 Å². The summed E-state index contributed by atoms with van der Waals surface area (Å²) >= 11 is 3.27. The van der Waals surface area contributed by atoms with Gasteiger partial charge in [0.15, 0.2) is 0 Å². The molecule has 2 rings (SSSR count). The zero-order valence-corrected chi connectivity index (χ0v) is 16.5. The van der Waals surface area contributed by atoms with E-state index in [9.17, 15) is 13.2 Å². The number of rotatable bonds is 7. The predicted octanol–water partition coefficient (Wildman–Crippen LogP) is 2.99. The SMILES string of the molecule is CC(CNC(=O)CN(C)S(=O)(=O)c1ccc(Br)cc1)c1ccccc1. The van der Waals surface area contributed by atoms with Gasteiger partial charge in [-0.1, -0.05) is 53.2 Å². The second kappa shape index (κ2) is 8.60. The second-order valence-electron chi connectivity index (χ2n) is 5.83. The van der Waals surface area contributed by atoms with Gasteiger partial charge in [-0.25, -0.2) is 8.42 Å². The van der Waals surface area contributed by atoms with Gasteiger partial charge in [-0.15, -0.1) is 0 Å². The van der Waals surface area contributed by atoms with Crippen LogP contribution < -0.4 is 5.32 Å². The van der Waals surface area contributed by atoms with Gasteiger partial charge in [0, 0.05) is 18.1 Å². The molecule has 25 heavy (non-hydrogen) atoms. The average molecular weight is 425 g/mol. The Hall–Kier alpha value is -1.70. The lowest BCUT2D eigenvalue weighted by molar-refractivity contribution is -0.121. The van der Waals surface area contributed by atoms with Crippen molar-refractivity contribution in [2.24, 2.45) is 0 Å². The van der Waals surface area contributed by atoms with Crippen LogP contribution in [0, 0.1) is 0 Å². The van der Waals surface area contributed by atoms with E-state index in [1.54, 1.807) is 12.1 Å². The Balaban J connectivity index is 1.92. The summed E-state index contributed by atoms with van der Waals surface area (Å²) in [7, 11) is -2.29. The minimum Gasteiger partial charge on any atom is -0.354 e. The van der Waals surface area contributed by atoms with Crippen molar-refractivity contribution in [2.75, 3.05) is 20.1 Å². The predicted molar refractivity (Wildman–Crippen MR) is 102 cm³/mol. The van der Waals surface area contributed by atoms with Gasteiger partial charge in [-0.3, -0.25) is 4.79 Å². The molecule has 2 aromatic rings. The highest BCUT2D eigenvalue weighted by Crippen LogP contribution is 2.18. The Labute approximate surface area is 157 Å². The summed E-state index contributed by atoms with van der Waals surface area (Å²) in [5, 5.41) is 2.79. The van der Waals surface area contributed by atoms with Crippen LogP contribution in [0.4, 0.5) is 0 Å². The quantitative estimate of drug-likeness (QED) is 0.742. The Morgan fingerprint density at radius 2 is 1.72 bits per heavy atom. The normalized spacial score (nSPS) is 12.8. The van der Waals surface area contributed by atoms with Crippen LogP contribution in [0.2, 0.25) is 0 Å². The summed E-state index contributed by atoms with van der Waals surface area (Å²) in [6.07, 6.45) is 0. The fourth-order valence-corrected chi connectivity index (χ4v) is 3.69. The van der Waals surface area contributed by atoms with E-state index in [1.807, 2.05) is 37.3 Å². The van der Waals surface area contributed by atoms with E-state index in [0.29, 0.717) is 6.54 Å². The number of benzene rings is 2. The molecule has 0 aliphatic heterocycles. The van der Waals surface area contributed by atoms with Crippen LogP contribution in [0.15, 0.2) is 64.0 Å². The molecule has 1 amide bonds. The van der Waals surface area contributed by atoms with Gasteiger partial charge in [0.2, 0.25) is 15.9 Å². The van der Waals surface area contributed by atoms with E-state index >= 15 is 0 Å². The molecule has 0 fully saturated rings. The molecule has 0 radical (unpaired) electrons. The van der Waals surface area contributed by atoms with E-state index in [2.05, 4.69) is 21.2 Å². The second-order valence-corrected chi connectivity index (χ2v) is 8.79. The molecule has 1 N–H and O–H groups in total. The summed E-state index contributed by atoms with van der Waals surface area (Å²) in [5.74, 6) is -0.176. The van der Waals surface area contributed by atoms with Gasteiger partial charge in [0.25, 0.3) is 0 Å². The van der Waals surface area contributed by atoms with Crippen molar-refractivity contribution in [1.82, 2.24) is 9.62 Å². The first kappa shape index (κ1) is 19.6. The fourth-order valence-electron chi connectivity index (χ4n) is 2.30. The number of amides is 1. The monoisotopic (exact) mass is 424 g/mol. The highest BCUT2D eigenvalue weighted by Gasteiger charge is 2.23. The van der Waals surface area contributed by atoms with Crippen molar-refractivity contribution in [2.45, 2.75) is 17.7 Å². The molecular formula is C18H21BrN2O3S. The topological polar surface area (TPSA) is 66.5 Å². The standard InChI is InChI=1S/C18H21BrN2O3S/c1-14(15-6-4-3-5-7-15)12-20-18(22)13-21(2)25(23,24)17-10-8-16(19)9-11-17/h3-11,14H,12-13H2,1-2H3,(H,20,22). The molecule has 1 atom stereocenters. The van der Waals surface area contributed by atoms with E-state index in [0.717, 1.165) is 14.3 Å². The van der Waals surface area contributed by atoms with Crippen molar-refractivity contribution < 1.29 is 13.2 Å². The maximum absolute atomic E-state index is 12.5. The third-order valence-corrected chi connectivity index (χ3v) is 6.21. The molecule has 1 unspecified atom stereocenters. The maximum atomic E-state index is 12.5. The van der Waals surface area contributed by atoms with Crippen molar-refractivity contribution in [3.63, 3.8) is 0 Å². The Morgan fingerprint density at radius 1 is 1.12 bits per heavy atom. The van der Waals surface area contributed by atoms with E-state index < -0.39 is 10.0 Å². The summed E-state index contributed by atoms with van der Waals surface area (Å²) in [5.41, 5.74) is 1.12. The van der Waals surface area contributed by atoms with Gasteiger partial charge in [0.05, 0.1) is 11.4 Å². The van der Waals surface area contributed by atoms with Crippen molar-refractivity contribution in [3.8, 4) is 0 Å². The molecular weight excluding hydrogens is 404 g/mol. The van der Waals surface area contributed by atoms with Gasteiger partial charge < -0.3 is 5.32 Å². The van der Waals surface area contributed by atoms with E-state index in [1.165, 1.54) is 19.2 Å². The molecule has 0 saturated heterocycles. The number of nitrogens with zero attached hydrogens (tertiary/aromatic N) is 1. The number of hydrogen-bond donors (Lipinski definition) is 1. The molecule has 0 saturated carbocycles. The van der Waals surface area contributed by atoms with Crippen LogP contribution in [0.5, 0.6) is 0 Å². The number of hydrogen-bond acceptors (Lipinski definition) is 3. The van der Waals surface area contributed by atoms with Crippen LogP contribution in [-0.2, 0) is 14.8 Å². The number of halogens is 1. The molecule has 7 heteroatoms. The first-order chi connectivity index (χ1) is 11.8. The lowest BCUT2D eigenvalue weighted by Crippen LogP contribution is -2.39. The minimum atomic E-state index is -3.69. The molecule has 2 aromatic carbocycles. The van der Waals surface area contributed by atoms with Crippen LogP contribution in [0.3, 0.4) is 0 Å². The Bertz CT molecular complexity index is 808. The number of nitrogens with one attached hydrogen (secondary N) is 1. The van der Waals surface area contributed by atoms with Crippen molar-refractivity contribution in [3.05, 3.63) is 64.6 Å². The van der Waals surface area contributed by atoms with Gasteiger partial charge in [-0.2, -0.15) is 4.31 Å². The van der Waals surface area contributed by atoms with Gasteiger partial charge in [0.1, 0.15) is 0 Å². The highest BCUT2D eigenvalue weighted by molar-refractivity contribution is 9.10. The van der Waals surface area contributed by atoms with E-state index in [-0.39, 0.29) is 23.3 Å².